The van der Waals surface area contributed by atoms with Crippen molar-refractivity contribution in [3.8, 4) is 0 Å². The molecule has 0 bridgehead atoms. The summed E-state index contributed by atoms with van der Waals surface area (Å²) in [5.74, 6) is 0. The van der Waals surface area contributed by atoms with Crippen LogP contribution >= 0.6 is 11.3 Å². The van der Waals surface area contributed by atoms with Crippen LogP contribution in [-0.2, 0) is 0 Å². The van der Waals surface area contributed by atoms with Crippen molar-refractivity contribution < 1.29 is 0 Å². The van der Waals surface area contributed by atoms with E-state index >= 15 is 0 Å². The molecule has 1 aromatic heterocycles. The number of nitrogens with two attached hydrogens (primary N) is 1. The van der Waals surface area contributed by atoms with E-state index in [-0.39, 0.29) is 6.04 Å². The fourth-order valence-electron chi connectivity index (χ4n) is 1.61. The highest BCUT2D eigenvalue weighted by Crippen LogP contribution is 2.21. The van der Waals surface area contributed by atoms with Crippen molar-refractivity contribution >= 4 is 11.3 Å². The minimum Gasteiger partial charge on any atom is -0.323 e. The Morgan fingerprint density at radius 3 is 2.71 bits per heavy atom. The van der Waals surface area contributed by atoms with E-state index in [9.17, 15) is 0 Å². The first-order valence-corrected chi connectivity index (χ1v) is 6.51. The summed E-state index contributed by atoms with van der Waals surface area (Å²) in [6.07, 6.45) is 7.81. The zero-order valence-corrected chi connectivity index (χ0v) is 9.85. The molecular formula is C12H21NS. The Hall–Kier alpha value is -0.340. The summed E-state index contributed by atoms with van der Waals surface area (Å²) in [5.41, 5.74) is 6.06. The minimum absolute atomic E-state index is 0.275. The third-order valence-corrected chi connectivity index (χ3v) is 3.53. The first-order valence-electron chi connectivity index (χ1n) is 5.63. The highest BCUT2D eigenvalue weighted by atomic mass is 32.1. The van der Waals surface area contributed by atoms with Crippen LogP contribution < -0.4 is 5.73 Å². The van der Waals surface area contributed by atoms with Crippen molar-refractivity contribution in [2.75, 3.05) is 0 Å². The number of rotatable bonds is 7. The molecule has 14 heavy (non-hydrogen) atoms. The number of hydrogen-bond acceptors (Lipinski definition) is 2. The predicted octanol–water partition coefficient (Wildman–Crippen LogP) is 4.11. The van der Waals surface area contributed by atoms with Gasteiger partial charge in [-0.05, 0) is 17.9 Å². The molecule has 0 unspecified atom stereocenters. The Morgan fingerprint density at radius 1 is 1.29 bits per heavy atom. The zero-order chi connectivity index (χ0) is 10.2. The second-order valence-corrected chi connectivity index (χ2v) is 4.80. The lowest BCUT2D eigenvalue weighted by Crippen LogP contribution is -2.07. The summed E-state index contributed by atoms with van der Waals surface area (Å²) < 4.78 is 0. The smallest absolute Gasteiger partial charge is 0.0389 e. The van der Waals surface area contributed by atoms with E-state index in [1.54, 1.807) is 11.3 Å². The second-order valence-electron chi connectivity index (χ2n) is 3.82. The molecule has 80 valence electrons. The molecule has 0 fully saturated rings. The predicted molar refractivity (Wildman–Crippen MR) is 64.6 cm³/mol. The van der Waals surface area contributed by atoms with E-state index in [0.29, 0.717) is 0 Å². The average Bonchev–Trinajstić information content (AvgIpc) is 2.70. The van der Waals surface area contributed by atoms with Gasteiger partial charge in [-0.25, -0.2) is 0 Å². The first-order chi connectivity index (χ1) is 6.84. The molecule has 1 rings (SSSR count). The van der Waals surface area contributed by atoms with Crippen LogP contribution in [-0.4, -0.2) is 0 Å². The van der Waals surface area contributed by atoms with Crippen LogP contribution in [0.5, 0.6) is 0 Å². The van der Waals surface area contributed by atoms with Crippen LogP contribution in [0.1, 0.15) is 56.4 Å². The maximum Gasteiger partial charge on any atom is 0.0389 e. The molecule has 0 aliphatic carbocycles. The van der Waals surface area contributed by atoms with E-state index in [4.69, 9.17) is 5.73 Å². The molecule has 0 radical (unpaired) electrons. The summed E-state index contributed by atoms with van der Waals surface area (Å²) in [6.45, 7) is 2.25. The van der Waals surface area contributed by atoms with Crippen LogP contribution in [0.15, 0.2) is 17.5 Å². The van der Waals surface area contributed by atoms with Crippen molar-refractivity contribution in [2.24, 2.45) is 5.73 Å². The summed E-state index contributed by atoms with van der Waals surface area (Å²) in [4.78, 5) is 1.33. The summed E-state index contributed by atoms with van der Waals surface area (Å²) in [5, 5.41) is 2.10. The van der Waals surface area contributed by atoms with Crippen LogP contribution in [0.2, 0.25) is 0 Å². The molecule has 0 spiro atoms. The third-order valence-electron chi connectivity index (χ3n) is 2.53. The van der Waals surface area contributed by atoms with Gasteiger partial charge in [0.25, 0.3) is 0 Å². The highest BCUT2D eigenvalue weighted by molar-refractivity contribution is 7.10. The molecule has 2 N–H and O–H groups in total. The van der Waals surface area contributed by atoms with Crippen molar-refractivity contribution in [1.82, 2.24) is 0 Å². The van der Waals surface area contributed by atoms with Crippen LogP contribution in [0.4, 0.5) is 0 Å². The quantitative estimate of drug-likeness (QED) is 0.675. The molecule has 0 amide bonds. The molecule has 1 heterocycles. The third kappa shape index (κ3) is 4.25. The maximum atomic E-state index is 6.06. The Bertz CT molecular complexity index is 218. The number of thiophene rings is 1. The molecule has 0 saturated carbocycles. The lowest BCUT2D eigenvalue weighted by atomic mass is 10.1. The van der Waals surface area contributed by atoms with Gasteiger partial charge in [-0.1, -0.05) is 45.1 Å². The largest absolute Gasteiger partial charge is 0.323 e. The normalized spacial score (nSPS) is 13.0. The number of unbranched alkanes of at least 4 members (excludes halogenated alkanes) is 4. The second kappa shape index (κ2) is 7.02. The van der Waals surface area contributed by atoms with E-state index < -0.39 is 0 Å². The molecular weight excluding hydrogens is 190 g/mol. The van der Waals surface area contributed by atoms with Gasteiger partial charge in [0.15, 0.2) is 0 Å². The fourth-order valence-corrected chi connectivity index (χ4v) is 2.38. The molecule has 0 aromatic carbocycles. The SMILES string of the molecule is CCCCCCC[C@@H](N)c1cccs1. The van der Waals surface area contributed by atoms with E-state index in [2.05, 4.69) is 24.4 Å². The van der Waals surface area contributed by atoms with Gasteiger partial charge >= 0.3 is 0 Å². The topological polar surface area (TPSA) is 26.0 Å². The van der Waals surface area contributed by atoms with Crippen molar-refractivity contribution in [3.63, 3.8) is 0 Å². The Kier molecular flexibility index (Phi) is 5.88. The van der Waals surface area contributed by atoms with Gasteiger partial charge in [0.2, 0.25) is 0 Å². The van der Waals surface area contributed by atoms with Crippen molar-refractivity contribution in [2.45, 2.75) is 51.5 Å². The standard InChI is InChI=1S/C12H21NS/c1-2-3-4-5-6-8-11(13)12-9-7-10-14-12/h7,9-11H,2-6,8,13H2,1H3/t11-/m1/s1. The van der Waals surface area contributed by atoms with E-state index in [1.165, 1.54) is 37.0 Å². The Morgan fingerprint density at radius 2 is 2.07 bits per heavy atom. The summed E-state index contributed by atoms with van der Waals surface area (Å²) in [6, 6.07) is 4.50. The molecule has 2 heteroatoms. The van der Waals surface area contributed by atoms with Crippen LogP contribution in [0.25, 0.3) is 0 Å². The Balaban J connectivity index is 2.07. The summed E-state index contributed by atoms with van der Waals surface area (Å²) >= 11 is 1.77. The maximum absolute atomic E-state index is 6.06. The lowest BCUT2D eigenvalue weighted by Gasteiger charge is -2.08. The van der Waals surface area contributed by atoms with Crippen LogP contribution in [0, 0.1) is 0 Å². The van der Waals surface area contributed by atoms with Gasteiger partial charge in [-0.15, -0.1) is 11.3 Å². The van der Waals surface area contributed by atoms with E-state index in [0.717, 1.165) is 6.42 Å². The van der Waals surface area contributed by atoms with Gasteiger partial charge in [0, 0.05) is 10.9 Å². The zero-order valence-electron chi connectivity index (χ0n) is 9.04. The molecule has 0 aliphatic heterocycles. The van der Waals surface area contributed by atoms with Crippen LogP contribution in [0.3, 0.4) is 0 Å². The molecule has 0 aliphatic rings. The van der Waals surface area contributed by atoms with Crippen molar-refractivity contribution in [3.05, 3.63) is 22.4 Å². The fraction of sp³-hybridized carbons (Fsp3) is 0.667. The lowest BCUT2D eigenvalue weighted by molar-refractivity contribution is 0.559. The molecule has 1 aromatic rings. The highest BCUT2D eigenvalue weighted by Gasteiger charge is 2.05. The molecule has 0 saturated heterocycles. The van der Waals surface area contributed by atoms with Gasteiger partial charge in [0.1, 0.15) is 0 Å². The van der Waals surface area contributed by atoms with E-state index in [1.807, 2.05) is 0 Å². The van der Waals surface area contributed by atoms with Gasteiger partial charge in [-0.2, -0.15) is 0 Å². The summed E-state index contributed by atoms with van der Waals surface area (Å²) in [7, 11) is 0. The molecule has 1 nitrogen and oxygen atoms in total. The monoisotopic (exact) mass is 211 g/mol. The minimum atomic E-state index is 0.275. The van der Waals surface area contributed by atoms with Gasteiger partial charge in [-0.3, -0.25) is 0 Å². The van der Waals surface area contributed by atoms with Crippen molar-refractivity contribution in [1.29, 1.82) is 0 Å². The molecule has 1 atom stereocenters. The average molecular weight is 211 g/mol. The number of hydrogen-bond donors (Lipinski definition) is 1. The van der Waals surface area contributed by atoms with Gasteiger partial charge in [0.05, 0.1) is 0 Å². The Labute approximate surface area is 91.3 Å². The first kappa shape index (κ1) is 11.7. The van der Waals surface area contributed by atoms with Gasteiger partial charge < -0.3 is 5.73 Å².